The molecular formula is C13H11ClFIN2O. The number of aromatic amines is 1. The van der Waals surface area contributed by atoms with Crippen molar-refractivity contribution in [3.05, 3.63) is 48.7 Å². The van der Waals surface area contributed by atoms with Crippen molar-refractivity contribution < 1.29 is 4.39 Å². The van der Waals surface area contributed by atoms with E-state index in [4.69, 9.17) is 11.6 Å². The number of aryl methyl sites for hydroxylation is 1. The number of hydrogen-bond acceptors (Lipinski definition) is 2. The third-order valence-corrected chi connectivity index (χ3v) is 3.88. The van der Waals surface area contributed by atoms with E-state index in [2.05, 4.69) is 9.97 Å². The van der Waals surface area contributed by atoms with E-state index >= 15 is 0 Å². The van der Waals surface area contributed by atoms with Gasteiger partial charge in [-0.05, 0) is 47.2 Å². The first-order valence-corrected chi connectivity index (χ1v) is 7.22. The summed E-state index contributed by atoms with van der Waals surface area (Å²) in [5.41, 5.74) is 0.979. The summed E-state index contributed by atoms with van der Waals surface area (Å²) in [4.78, 5) is 18.9. The second-order valence-corrected chi connectivity index (χ2v) is 5.60. The van der Waals surface area contributed by atoms with E-state index < -0.39 is 5.82 Å². The van der Waals surface area contributed by atoms with Crippen molar-refractivity contribution in [2.45, 2.75) is 19.8 Å². The van der Waals surface area contributed by atoms with Gasteiger partial charge < -0.3 is 4.98 Å². The predicted molar refractivity (Wildman–Crippen MR) is 82.0 cm³/mol. The van der Waals surface area contributed by atoms with Gasteiger partial charge in [-0.3, -0.25) is 4.79 Å². The van der Waals surface area contributed by atoms with Gasteiger partial charge >= 0.3 is 0 Å². The highest BCUT2D eigenvalue weighted by Gasteiger charge is 2.11. The van der Waals surface area contributed by atoms with E-state index in [0.717, 1.165) is 12.1 Å². The molecule has 0 radical (unpaired) electrons. The van der Waals surface area contributed by atoms with Crippen LogP contribution in [0.5, 0.6) is 0 Å². The standard InChI is InChI=1S/C13H11ClFIN2O/c1-2-3-10-11(16)13(19)18-12(17-10)7-4-8(14)6-9(15)5-7/h4-6H,2-3H2,1H3,(H,17,18,19). The summed E-state index contributed by atoms with van der Waals surface area (Å²) in [5, 5.41) is 0.272. The highest BCUT2D eigenvalue weighted by molar-refractivity contribution is 14.1. The van der Waals surface area contributed by atoms with Crippen LogP contribution in [0.2, 0.25) is 5.02 Å². The molecule has 0 unspecified atom stereocenters. The molecule has 1 aromatic heterocycles. The summed E-state index contributed by atoms with van der Waals surface area (Å²) in [7, 11) is 0. The quantitative estimate of drug-likeness (QED) is 0.808. The molecule has 2 aromatic rings. The predicted octanol–water partition coefficient (Wildman–Crippen LogP) is 3.79. The molecule has 0 aliphatic rings. The minimum Gasteiger partial charge on any atom is -0.306 e. The van der Waals surface area contributed by atoms with Crippen molar-refractivity contribution in [2.75, 3.05) is 0 Å². The van der Waals surface area contributed by atoms with Gasteiger partial charge in [0.25, 0.3) is 5.56 Å². The average molecular weight is 393 g/mol. The minimum atomic E-state index is -0.458. The number of hydrogen-bond donors (Lipinski definition) is 1. The van der Waals surface area contributed by atoms with Gasteiger partial charge in [-0.15, -0.1) is 0 Å². The number of benzene rings is 1. The molecule has 0 saturated heterocycles. The molecule has 0 amide bonds. The van der Waals surface area contributed by atoms with Crippen molar-refractivity contribution in [2.24, 2.45) is 0 Å². The van der Waals surface area contributed by atoms with Crippen molar-refractivity contribution in [1.82, 2.24) is 9.97 Å². The Morgan fingerprint density at radius 1 is 1.42 bits per heavy atom. The zero-order valence-corrected chi connectivity index (χ0v) is 13.0. The van der Waals surface area contributed by atoms with E-state index in [9.17, 15) is 9.18 Å². The van der Waals surface area contributed by atoms with Gasteiger partial charge in [0.15, 0.2) is 0 Å². The molecule has 0 bridgehead atoms. The SMILES string of the molecule is CCCc1nc(-c2cc(F)cc(Cl)c2)[nH]c(=O)c1I. The zero-order chi connectivity index (χ0) is 14.0. The molecule has 1 aromatic carbocycles. The van der Waals surface area contributed by atoms with Crippen LogP contribution in [0, 0.1) is 9.39 Å². The zero-order valence-electron chi connectivity index (χ0n) is 10.1. The maximum atomic E-state index is 13.3. The molecule has 3 nitrogen and oxygen atoms in total. The van der Waals surface area contributed by atoms with Gasteiger partial charge in [-0.1, -0.05) is 24.9 Å². The van der Waals surface area contributed by atoms with Crippen molar-refractivity contribution in [3.8, 4) is 11.4 Å². The third kappa shape index (κ3) is 3.33. The summed E-state index contributed by atoms with van der Waals surface area (Å²) in [6.45, 7) is 2.01. The monoisotopic (exact) mass is 392 g/mol. The molecule has 6 heteroatoms. The lowest BCUT2D eigenvalue weighted by atomic mass is 10.2. The minimum absolute atomic E-state index is 0.213. The third-order valence-electron chi connectivity index (χ3n) is 2.55. The molecule has 100 valence electrons. The largest absolute Gasteiger partial charge is 0.306 e. The number of nitrogens with one attached hydrogen (secondary N) is 1. The number of H-pyrrole nitrogens is 1. The molecule has 2 rings (SSSR count). The number of halogens is 3. The topological polar surface area (TPSA) is 45.8 Å². The van der Waals surface area contributed by atoms with Crippen LogP contribution in [0.3, 0.4) is 0 Å². The normalized spacial score (nSPS) is 10.7. The lowest BCUT2D eigenvalue weighted by molar-refractivity contribution is 0.628. The average Bonchev–Trinajstić information content (AvgIpc) is 2.33. The first kappa shape index (κ1) is 14.5. The van der Waals surface area contributed by atoms with Crippen LogP contribution in [-0.4, -0.2) is 9.97 Å². The van der Waals surface area contributed by atoms with E-state index in [-0.39, 0.29) is 10.6 Å². The fourth-order valence-corrected chi connectivity index (χ4v) is 2.48. The molecule has 0 aliphatic heterocycles. The van der Waals surface area contributed by atoms with Gasteiger partial charge in [-0.25, -0.2) is 9.37 Å². The summed E-state index contributed by atoms with van der Waals surface area (Å²) in [6, 6.07) is 4.08. The molecule has 0 saturated carbocycles. The molecule has 19 heavy (non-hydrogen) atoms. The van der Waals surface area contributed by atoms with Crippen LogP contribution < -0.4 is 5.56 Å². The lowest BCUT2D eigenvalue weighted by Gasteiger charge is -2.06. The fourth-order valence-electron chi connectivity index (χ4n) is 1.74. The van der Waals surface area contributed by atoms with Crippen LogP contribution in [0.1, 0.15) is 19.0 Å². The van der Waals surface area contributed by atoms with Crippen molar-refractivity contribution in [3.63, 3.8) is 0 Å². The maximum Gasteiger partial charge on any atom is 0.264 e. The molecule has 1 N–H and O–H groups in total. The Hall–Kier alpha value is -0.950. The van der Waals surface area contributed by atoms with Gasteiger partial charge in [0.05, 0.1) is 9.26 Å². The van der Waals surface area contributed by atoms with E-state index in [1.54, 1.807) is 6.07 Å². The van der Waals surface area contributed by atoms with E-state index in [1.165, 1.54) is 12.1 Å². The molecule has 0 fully saturated rings. The summed E-state index contributed by atoms with van der Waals surface area (Å²) in [6.07, 6.45) is 1.59. The highest BCUT2D eigenvalue weighted by Crippen LogP contribution is 2.22. The molecular weight excluding hydrogens is 382 g/mol. The number of aromatic nitrogens is 2. The van der Waals surface area contributed by atoms with E-state index in [1.807, 2.05) is 29.5 Å². The molecule has 0 atom stereocenters. The van der Waals surface area contributed by atoms with Crippen LogP contribution in [0.4, 0.5) is 4.39 Å². The van der Waals surface area contributed by atoms with Crippen LogP contribution in [0.15, 0.2) is 23.0 Å². The van der Waals surface area contributed by atoms with Gasteiger partial charge in [0.2, 0.25) is 0 Å². The van der Waals surface area contributed by atoms with E-state index in [0.29, 0.717) is 21.4 Å². The fraction of sp³-hybridized carbons (Fsp3) is 0.231. The lowest BCUT2D eigenvalue weighted by Crippen LogP contribution is -2.16. The highest BCUT2D eigenvalue weighted by atomic mass is 127. The van der Waals surface area contributed by atoms with Crippen molar-refractivity contribution in [1.29, 1.82) is 0 Å². The van der Waals surface area contributed by atoms with Gasteiger partial charge in [0, 0.05) is 10.6 Å². The second-order valence-electron chi connectivity index (χ2n) is 4.08. The van der Waals surface area contributed by atoms with Crippen LogP contribution in [0.25, 0.3) is 11.4 Å². The first-order valence-electron chi connectivity index (χ1n) is 5.76. The van der Waals surface area contributed by atoms with Crippen LogP contribution >= 0.6 is 34.2 Å². The summed E-state index contributed by atoms with van der Waals surface area (Å²) in [5.74, 6) is -0.115. The summed E-state index contributed by atoms with van der Waals surface area (Å²) >= 11 is 7.78. The second kappa shape index (κ2) is 6.00. The summed E-state index contributed by atoms with van der Waals surface area (Å²) < 4.78 is 13.9. The van der Waals surface area contributed by atoms with Crippen LogP contribution in [-0.2, 0) is 6.42 Å². The Bertz CT molecular complexity index is 652. The smallest absolute Gasteiger partial charge is 0.264 e. The Kier molecular flexibility index (Phi) is 4.57. The number of nitrogens with zero attached hydrogens (tertiary/aromatic N) is 1. The maximum absolute atomic E-state index is 13.3. The Balaban J connectivity index is 2.59. The molecule has 0 spiro atoms. The number of rotatable bonds is 3. The van der Waals surface area contributed by atoms with Crippen molar-refractivity contribution >= 4 is 34.2 Å². The van der Waals surface area contributed by atoms with Gasteiger partial charge in [-0.2, -0.15) is 0 Å². The Morgan fingerprint density at radius 2 is 2.16 bits per heavy atom. The Labute approximate surface area is 128 Å². The molecule has 0 aliphatic carbocycles. The molecule has 1 heterocycles. The first-order chi connectivity index (χ1) is 9.01. The Morgan fingerprint density at radius 3 is 2.79 bits per heavy atom. The van der Waals surface area contributed by atoms with Gasteiger partial charge in [0.1, 0.15) is 11.6 Å².